The molecule has 0 bridgehead atoms. The topological polar surface area (TPSA) is 75.7 Å². The highest BCUT2D eigenvalue weighted by Gasteiger charge is 2.25. The quantitative estimate of drug-likeness (QED) is 0.738. The van der Waals surface area contributed by atoms with Crippen LogP contribution < -0.4 is 14.4 Å². The van der Waals surface area contributed by atoms with Crippen LogP contribution in [0.5, 0.6) is 5.75 Å². The third-order valence-corrected chi connectivity index (χ3v) is 6.22. The van der Waals surface area contributed by atoms with E-state index < -0.39 is 10.0 Å². The van der Waals surface area contributed by atoms with Crippen molar-refractivity contribution in [3.05, 3.63) is 54.6 Å². The van der Waals surface area contributed by atoms with E-state index in [0.29, 0.717) is 43.8 Å². The van der Waals surface area contributed by atoms with E-state index in [-0.39, 0.29) is 11.7 Å². The first-order valence-electron chi connectivity index (χ1n) is 9.13. The Morgan fingerprint density at radius 1 is 1.04 bits per heavy atom. The number of nitrogens with zero attached hydrogens (tertiary/aromatic N) is 1. The highest BCUT2D eigenvalue weighted by molar-refractivity contribution is 7.92. The predicted molar refractivity (Wildman–Crippen MR) is 107 cm³/mol. The molecule has 1 heterocycles. The number of carbonyl (C=O) groups excluding carboxylic acids is 1. The molecule has 1 saturated heterocycles. The Balaban J connectivity index is 1.45. The van der Waals surface area contributed by atoms with Gasteiger partial charge in [0.1, 0.15) is 5.75 Å². The average molecular weight is 388 g/mol. The van der Waals surface area contributed by atoms with Crippen LogP contribution in [0.2, 0.25) is 0 Å². The number of rotatable bonds is 7. The van der Waals surface area contributed by atoms with Crippen molar-refractivity contribution in [2.24, 2.45) is 0 Å². The standard InChI is InChI=1S/C20H24N2O4S/c23-20(9-6-15-26-19-7-2-1-3-8-19)21-17-10-12-18(13-11-17)22-14-4-5-16-27(22,24)25/h1-3,7-8,10-13H,4-6,9,14-16H2,(H,21,23). The lowest BCUT2D eigenvalue weighted by Gasteiger charge is -2.28. The zero-order valence-electron chi connectivity index (χ0n) is 15.1. The van der Waals surface area contributed by atoms with Gasteiger partial charge in [-0.2, -0.15) is 0 Å². The van der Waals surface area contributed by atoms with Gasteiger partial charge in [0.2, 0.25) is 15.9 Å². The minimum atomic E-state index is -3.22. The molecule has 1 N–H and O–H groups in total. The van der Waals surface area contributed by atoms with Crippen LogP contribution in [0.4, 0.5) is 11.4 Å². The number of carbonyl (C=O) groups is 1. The Bertz CT molecular complexity index is 851. The maximum atomic E-state index is 12.1. The molecule has 3 rings (SSSR count). The van der Waals surface area contributed by atoms with E-state index in [0.717, 1.165) is 12.2 Å². The lowest BCUT2D eigenvalue weighted by molar-refractivity contribution is -0.116. The second kappa shape index (κ2) is 8.90. The smallest absolute Gasteiger partial charge is 0.235 e. The van der Waals surface area contributed by atoms with Gasteiger partial charge in [-0.3, -0.25) is 9.10 Å². The van der Waals surface area contributed by atoms with Crippen molar-refractivity contribution < 1.29 is 17.9 Å². The average Bonchev–Trinajstić information content (AvgIpc) is 2.67. The van der Waals surface area contributed by atoms with Gasteiger partial charge in [0.25, 0.3) is 0 Å². The number of benzene rings is 2. The highest BCUT2D eigenvalue weighted by atomic mass is 32.2. The number of amides is 1. The SMILES string of the molecule is O=C(CCCOc1ccccc1)Nc1ccc(N2CCCCS2(=O)=O)cc1. The molecule has 6 nitrogen and oxygen atoms in total. The molecule has 7 heteroatoms. The van der Waals surface area contributed by atoms with Crippen LogP contribution in [0.15, 0.2) is 54.6 Å². The summed E-state index contributed by atoms with van der Waals surface area (Å²) in [6.45, 7) is 0.985. The van der Waals surface area contributed by atoms with Gasteiger partial charge in [-0.1, -0.05) is 18.2 Å². The normalized spacial score (nSPS) is 15.9. The van der Waals surface area contributed by atoms with Crippen LogP contribution in [0.25, 0.3) is 0 Å². The number of hydrogen-bond donors (Lipinski definition) is 1. The molecule has 2 aromatic carbocycles. The number of sulfonamides is 1. The van der Waals surface area contributed by atoms with Crippen molar-refractivity contribution >= 4 is 27.3 Å². The van der Waals surface area contributed by atoms with E-state index in [1.165, 1.54) is 4.31 Å². The van der Waals surface area contributed by atoms with Gasteiger partial charge >= 0.3 is 0 Å². The first-order chi connectivity index (χ1) is 13.0. The van der Waals surface area contributed by atoms with Crippen molar-refractivity contribution in [2.75, 3.05) is 28.5 Å². The van der Waals surface area contributed by atoms with E-state index >= 15 is 0 Å². The Labute approximate surface area is 160 Å². The monoisotopic (exact) mass is 388 g/mol. The Hall–Kier alpha value is -2.54. The molecule has 0 aliphatic carbocycles. The summed E-state index contributed by atoms with van der Waals surface area (Å²) in [4.78, 5) is 12.0. The maximum Gasteiger partial charge on any atom is 0.235 e. The van der Waals surface area contributed by atoms with Crippen LogP contribution in [-0.2, 0) is 14.8 Å². The summed E-state index contributed by atoms with van der Waals surface area (Å²) in [5.41, 5.74) is 1.30. The molecule has 0 unspecified atom stereocenters. The van der Waals surface area contributed by atoms with Gasteiger partial charge in [-0.25, -0.2) is 8.42 Å². The number of nitrogens with one attached hydrogen (secondary N) is 1. The molecular weight excluding hydrogens is 364 g/mol. The van der Waals surface area contributed by atoms with Crippen LogP contribution in [0.1, 0.15) is 25.7 Å². The van der Waals surface area contributed by atoms with Gasteiger partial charge < -0.3 is 10.1 Å². The summed E-state index contributed by atoms with van der Waals surface area (Å²) in [6, 6.07) is 16.4. The summed E-state index contributed by atoms with van der Waals surface area (Å²) >= 11 is 0. The molecule has 0 saturated carbocycles. The molecule has 144 valence electrons. The molecule has 1 aliphatic heterocycles. The van der Waals surface area contributed by atoms with Gasteiger partial charge in [0.15, 0.2) is 0 Å². The van der Waals surface area contributed by atoms with E-state index in [9.17, 15) is 13.2 Å². The molecule has 0 aromatic heterocycles. The fourth-order valence-corrected chi connectivity index (χ4v) is 4.59. The van der Waals surface area contributed by atoms with E-state index in [1.54, 1.807) is 24.3 Å². The van der Waals surface area contributed by atoms with Crippen molar-refractivity contribution in [3.8, 4) is 5.75 Å². The summed E-state index contributed by atoms with van der Waals surface area (Å²) in [7, 11) is -3.22. The van der Waals surface area contributed by atoms with Crippen molar-refractivity contribution in [3.63, 3.8) is 0 Å². The lowest BCUT2D eigenvalue weighted by atomic mass is 10.2. The largest absolute Gasteiger partial charge is 0.494 e. The second-order valence-corrected chi connectivity index (χ2v) is 8.47. The fourth-order valence-electron chi connectivity index (χ4n) is 2.95. The van der Waals surface area contributed by atoms with Gasteiger partial charge in [0.05, 0.1) is 18.0 Å². The summed E-state index contributed by atoms with van der Waals surface area (Å²) < 4.78 is 31.3. The lowest BCUT2D eigenvalue weighted by Crippen LogP contribution is -2.37. The second-order valence-electron chi connectivity index (χ2n) is 6.46. The van der Waals surface area contributed by atoms with Crippen LogP contribution in [-0.4, -0.2) is 33.2 Å². The number of anilines is 2. The van der Waals surface area contributed by atoms with Crippen LogP contribution >= 0.6 is 0 Å². The number of ether oxygens (including phenoxy) is 1. The zero-order chi connectivity index (χ0) is 19.1. The number of hydrogen-bond acceptors (Lipinski definition) is 4. The molecule has 27 heavy (non-hydrogen) atoms. The molecule has 2 aromatic rings. The fraction of sp³-hybridized carbons (Fsp3) is 0.350. The van der Waals surface area contributed by atoms with Crippen molar-refractivity contribution in [2.45, 2.75) is 25.7 Å². The van der Waals surface area contributed by atoms with Crippen molar-refractivity contribution in [1.29, 1.82) is 0 Å². The third kappa shape index (κ3) is 5.47. The minimum Gasteiger partial charge on any atom is -0.494 e. The third-order valence-electron chi connectivity index (χ3n) is 4.35. The molecule has 0 spiro atoms. The highest BCUT2D eigenvalue weighted by Crippen LogP contribution is 2.25. The van der Waals surface area contributed by atoms with Gasteiger partial charge in [-0.05, 0) is 55.7 Å². The molecule has 0 atom stereocenters. The molecule has 0 radical (unpaired) electrons. The van der Waals surface area contributed by atoms with E-state index in [1.807, 2.05) is 30.3 Å². The zero-order valence-corrected chi connectivity index (χ0v) is 16.0. The first-order valence-corrected chi connectivity index (χ1v) is 10.7. The van der Waals surface area contributed by atoms with Crippen LogP contribution in [0, 0.1) is 0 Å². The van der Waals surface area contributed by atoms with Gasteiger partial charge in [0, 0.05) is 18.7 Å². The van der Waals surface area contributed by atoms with E-state index in [2.05, 4.69) is 5.32 Å². The predicted octanol–water partition coefficient (Wildman–Crippen LogP) is 3.41. The van der Waals surface area contributed by atoms with Crippen LogP contribution in [0.3, 0.4) is 0 Å². The summed E-state index contributed by atoms with van der Waals surface area (Å²) in [6.07, 6.45) is 2.55. The molecule has 1 aliphatic rings. The Morgan fingerprint density at radius 2 is 1.78 bits per heavy atom. The summed E-state index contributed by atoms with van der Waals surface area (Å²) in [5, 5.41) is 2.83. The van der Waals surface area contributed by atoms with Gasteiger partial charge in [-0.15, -0.1) is 0 Å². The first kappa shape index (κ1) is 19.2. The van der Waals surface area contributed by atoms with Crippen molar-refractivity contribution in [1.82, 2.24) is 0 Å². The Kier molecular flexibility index (Phi) is 6.34. The van der Waals surface area contributed by atoms with E-state index in [4.69, 9.17) is 4.74 Å². The minimum absolute atomic E-state index is 0.0926. The molecule has 1 fully saturated rings. The summed E-state index contributed by atoms with van der Waals surface area (Å²) in [5.74, 6) is 0.891. The molecular formula is C20H24N2O4S. The number of para-hydroxylation sites is 1. The Morgan fingerprint density at radius 3 is 2.48 bits per heavy atom. The maximum absolute atomic E-state index is 12.1. The molecule has 1 amide bonds.